The van der Waals surface area contributed by atoms with Crippen LogP contribution in [0.25, 0.3) is 0 Å². The van der Waals surface area contributed by atoms with Crippen LogP contribution in [0.2, 0.25) is 0 Å². The van der Waals surface area contributed by atoms with Crippen molar-refractivity contribution in [2.75, 3.05) is 6.54 Å². The zero-order valence-corrected chi connectivity index (χ0v) is 18.8. The molecule has 7 rings (SSSR count). The van der Waals surface area contributed by atoms with Crippen LogP contribution < -0.4 is 9.47 Å². The van der Waals surface area contributed by atoms with Crippen LogP contribution >= 0.6 is 0 Å². The fraction of sp³-hybridized carbons (Fsp3) is 0.481. The second-order valence-corrected chi connectivity index (χ2v) is 10.6. The number of hydrogen-bond donors (Lipinski definition) is 2. The number of rotatable bonds is 4. The van der Waals surface area contributed by atoms with Crippen molar-refractivity contribution in [2.45, 2.75) is 73.9 Å². The quantitative estimate of drug-likeness (QED) is 0.724. The summed E-state index contributed by atoms with van der Waals surface area (Å²) in [7, 11) is 0. The van der Waals surface area contributed by atoms with Gasteiger partial charge in [-0.25, -0.2) is 0 Å². The molecule has 7 heteroatoms. The number of likely N-dealkylation sites (tertiary alicyclic amines) is 1. The van der Waals surface area contributed by atoms with E-state index in [9.17, 15) is 19.8 Å². The number of benzene rings is 2. The maximum Gasteiger partial charge on any atom is 0.254 e. The number of ketones is 1. The van der Waals surface area contributed by atoms with Gasteiger partial charge in [-0.15, -0.1) is 0 Å². The number of Topliss-reactive ketones (excluding diaryl/α,β-unsaturated/α-hetero) is 1. The molecule has 0 unspecified atom stereocenters. The first-order valence-electron chi connectivity index (χ1n) is 12.2. The minimum Gasteiger partial charge on any atom is -0.485 e. The molecule has 2 aliphatic heterocycles. The van der Waals surface area contributed by atoms with Gasteiger partial charge < -0.3 is 24.6 Å². The minimum atomic E-state index is -1.29. The Labute approximate surface area is 197 Å². The molecule has 2 saturated carbocycles. The maximum absolute atomic E-state index is 13.2. The molecule has 1 saturated heterocycles. The monoisotopic (exact) mass is 461 g/mol. The summed E-state index contributed by atoms with van der Waals surface area (Å²) in [5.41, 5.74) is -0.594. The fourth-order valence-corrected chi connectivity index (χ4v) is 7.01. The van der Waals surface area contributed by atoms with Crippen molar-refractivity contribution >= 4 is 11.7 Å². The standard InChI is InChI=1S/C27H27NO6/c29-18-8-9-27(32)20-14-17-6-7-19(33-15-16-4-2-1-3-5-16)22-21(17)26(27,23(18)34-22)12-13-28(20)24(30)25(31)10-11-25/h1-7,20,23,31-32H,8-15H2/t20-,23-,26-,27+/m0/s1. The highest BCUT2D eigenvalue weighted by molar-refractivity contribution is 5.92. The second kappa shape index (κ2) is 6.61. The number of nitrogens with zero attached hydrogens (tertiary/aromatic N) is 1. The van der Waals surface area contributed by atoms with Gasteiger partial charge in [-0.1, -0.05) is 36.4 Å². The van der Waals surface area contributed by atoms with Crippen molar-refractivity contribution in [3.8, 4) is 11.5 Å². The smallest absolute Gasteiger partial charge is 0.254 e. The maximum atomic E-state index is 13.2. The number of ether oxygens (including phenoxy) is 2. The van der Waals surface area contributed by atoms with Crippen molar-refractivity contribution in [2.24, 2.45) is 0 Å². The van der Waals surface area contributed by atoms with E-state index in [-0.39, 0.29) is 24.5 Å². The molecule has 2 N–H and O–H groups in total. The molecular weight excluding hydrogens is 434 g/mol. The Morgan fingerprint density at radius 1 is 1.09 bits per heavy atom. The van der Waals surface area contributed by atoms with Gasteiger partial charge in [-0.3, -0.25) is 9.59 Å². The van der Waals surface area contributed by atoms with Gasteiger partial charge in [0.05, 0.1) is 17.1 Å². The summed E-state index contributed by atoms with van der Waals surface area (Å²) in [4.78, 5) is 28.0. The molecule has 3 aliphatic carbocycles. The van der Waals surface area contributed by atoms with Crippen LogP contribution in [0, 0.1) is 0 Å². The first-order valence-corrected chi connectivity index (χ1v) is 12.2. The molecule has 5 aliphatic rings. The Bertz CT molecular complexity index is 1220. The lowest BCUT2D eigenvalue weighted by molar-refractivity contribution is -0.196. The van der Waals surface area contributed by atoms with Crippen LogP contribution in [0.3, 0.4) is 0 Å². The van der Waals surface area contributed by atoms with Crippen molar-refractivity contribution in [3.63, 3.8) is 0 Å². The Morgan fingerprint density at radius 2 is 1.88 bits per heavy atom. The molecule has 1 amide bonds. The molecule has 7 nitrogen and oxygen atoms in total. The van der Waals surface area contributed by atoms with Gasteiger partial charge in [-0.2, -0.15) is 0 Å². The van der Waals surface area contributed by atoms with E-state index in [4.69, 9.17) is 9.47 Å². The highest BCUT2D eigenvalue weighted by Gasteiger charge is 2.74. The van der Waals surface area contributed by atoms with Crippen LogP contribution in [-0.4, -0.2) is 56.7 Å². The van der Waals surface area contributed by atoms with Crippen LogP contribution in [0.1, 0.15) is 48.8 Å². The number of aliphatic hydroxyl groups is 2. The molecule has 2 aromatic rings. The van der Waals surface area contributed by atoms with Gasteiger partial charge in [0, 0.05) is 18.5 Å². The highest BCUT2D eigenvalue weighted by Crippen LogP contribution is 2.65. The first kappa shape index (κ1) is 20.5. The average molecular weight is 462 g/mol. The molecule has 34 heavy (non-hydrogen) atoms. The average Bonchev–Trinajstić information content (AvgIpc) is 3.49. The van der Waals surface area contributed by atoms with Crippen molar-refractivity contribution < 1.29 is 29.3 Å². The van der Waals surface area contributed by atoms with Gasteiger partial charge in [0.2, 0.25) is 0 Å². The van der Waals surface area contributed by atoms with Crippen molar-refractivity contribution in [1.82, 2.24) is 4.90 Å². The van der Waals surface area contributed by atoms with Crippen LogP contribution in [-0.2, 0) is 28.0 Å². The van der Waals surface area contributed by atoms with E-state index >= 15 is 0 Å². The molecule has 0 aromatic heterocycles. The minimum absolute atomic E-state index is 0.0120. The molecule has 176 valence electrons. The van der Waals surface area contributed by atoms with E-state index < -0.39 is 28.8 Å². The predicted molar refractivity (Wildman–Crippen MR) is 121 cm³/mol. The van der Waals surface area contributed by atoms with E-state index in [2.05, 4.69) is 0 Å². The van der Waals surface area contributed by atoms with Gasteiger partial charge >= 0.3 is 0 Å². The van der Waals surface area contributed by atoms with Gasteiger partial charge in [0.25, 0.3) is 5.91 Å². The summed E-state index contributed by atoms with van der Waals surface area (Å²) in [5, 5.41) is 22.8. The molecular formula is C27H27NO6. The summed E-state index contributed by atoms with van der Waals surface area (Å²) in [6.07, 6.45) is 1.51. The largest absolute Gasteiger partial charge is 0.485 e. The highest BCUT2D eigenvalue weighted by atomic mass is 16.5. The number of carbonyl (C=O) groups is 2. The van der Waals surface area contributed by atoms with E-state index in [1.165, 1.54) is 0 Å². The molecule has 3 fully saturated rings. The Balaban J connectivity index is 1.33. The number of hydrogen-bond acceptors (Lipinski definition) is 6. The lowest BCUT2D eigenvalue weighted by Crippen LogP contribution is -2.77. The van der Waals surface area contributed by atoms with Crippen molar-refractivity contribution in [3.05, 3.63) is 59.2 Å². The molecule has 2 aromatic carbocycles. The predicted octanol–water partition coefficient (Wildman–Crippen LogP) is 2.04. The zero-order valence-electron chi connectivity index (χ0n) is 18.8. The number of amides is 1. The summed E-state index contributed by atoms with van der Waals surface area (Å²) in [6, 6.07) is 13.2. The van der Waals surface area contributed by atoms with E-state index in [1.54, 1.807) is 4.90 Å². The second-order valence-electron chi connectivity index (χ2n) is 10.6. The SMILES string of the molecule is O=C1CC[C@@]2(O)[C@@H]3Cc4ccc(OCc5ccccc5)c5c4[C@@]2(CCN3C(=O)C2(O)CC2)[C@H]1O5. The number of piperidine rings is 1. The fourth-order valence-electron chi connectivity index (χ4n) is 7.01. The third-order valence-electron chi connectivity index (χ3n) is 8.86. The summed E-state index contributed by atoms with van der Waals surface area (Å²) < 4.78 is 12.5. The summed E-state index contributed by atoms with van der Waals surface area (Å²) >= 11 is 0. The summed E-state index contributed by atoms with van der Waals surface area (Å²) in [6.45, 7) is 0.755. The molecule has 0 radical (unpaired) electrons. The lowest BCUT2D eigenvalue weighted by Gasteiger charge is -2.62. The van der Waals surface area contributed by atoms with Gasteiger partial charge in [-0.05, 0) is 49.3 Å². The Morgan fingerprint density at radius 3 is 2.65 bits per heavy atom. The Hall–Kier alpha value is -2.90. The van der Waals surface area contributed by atoms with Crippen molar-refractivity contribution in [1.29, 1.82) is 0 Å². The molecule has 2 heterocycles. The molecule has 1 spiro atoms. The van der Waals surface area contributed by atoms with E-state index in [0.717, 1.165) is 16.7 Å². The van der Waals surface area contributed by atoms with Crippen LogP contribution in [0.5, 0.6) is 11.5 Å². The molecule has 4 atom stereocenters. The third kappa shape index (κ3) is 2.44. The topological polar surface area (TPSA) is 96.3 Å². The zero-order chi connectivity index (χ0) is 23.3. The Kier molecular flexibility index (Phi) is 3.98. The lowest BCUT2D eigenvalue weighted by atomic mass is 9.49. The van der Waals surface area contributed by atoms with Gasteiger partial charge in [0.1, 0.15) is 12.2 Å². The molecule has 2 bridgehead atoms. The van der Waals surface area contributed by atoms with Crippen LogP contribution in [0.15, 0.2) is 42.5 Å². The van der Waals surface area contributed by atoms with E-state index in [1.807, 2.05) is 42.5 Å². The van der Waals surface area contributed by atoms with E-state index in [0.29, 0.717) is 50.3 Å². The third-order valence-corrected chi connectivity index (χ3v) is 8.86. The van der Waals surface area contributed by atoms with Crippen LogP contribution in [0.4, 0.5) is 0 Å². The normalized spacial score (nSPS) is 33.7. The summed E-state index contributed by atoms with van der Waals surface area (Å²) in [5.74, 6) is 0.832. The van der Waals surface area contributed by atoms with Gasteiger partial charge in [0.15, 0.2) is 23.4 Å². The first-order chi connectivity index (χ1) is 16.4. The number of carbonyl (C=O) groups excluding carboxylic acids is 2.